The molecular formula is C14H17NO2. The van der Waals surface area contributed by atoms with Crippen LogP contribution in [0.2, 0.25) is 0 Å². The number of fused-ring (bicyclic) bond motifs is 1. The maximum atomic E-state index is 11.8. The van der Waals surface area contributed by atoms with Crippen molar-refractivity contribution in [1.82, 2.24) is 0 Å². The Morgan fingerprint density at radius 1 is 1.29 bits per heavy atom. The molecule has 0 aliphatic heterocycles. The molecule has 2 rings (SSSR count). The van der Waals surface area contributed by atoms with Crippen molar-refractivity contribution >= 4 is 16.7 Å². The van der Waals surface area contributed by atoms with Crippen LogP contribution in [0.25, 0.3) is 11.0 Å². The molecule has 0 amide bonds. The van der Waals surface area contributed by atoms with Crippen LogP contribution in [-0.4, -0.2) is 7.05 Å². The zero-order valence-corrected chi connectivity index (χ0v) is 10.4. The van der Waals surface area contributed by atoms with Gasteiger partial charge in [0.15, 0.2) is 0 Å². The molecular weight excluding hydrogens is 214 g/mol. The minimum absolute atomic E-state index is 0.223. The summed E-state index contributed by atoms with van der Waals surface area (Å²) in [6, 6.07) is 7.71. The number of anilines is 1. The van der Waals surface area contributed by atoms with Gasteiger partial charge in [0.05, 0.1) is 0 Å². The van der Waals surface area contributed by atoms with Gasteiger partial charge in [-0.15, -0.1) is 0 Å². The Labute approximate surface area is 100 Å². The SMILES string of the molecule is CNc1ccc2cc(CC(C)C)c(=O)oc2c1. The lowest BCUT2D eigenvalue weighted by atomic mass is 10.0. The first-order valence-electron chi connectivity index (χ1n) is 5.84. The zero-order chi connectivity index (χ0) is 12.4. The number of benzene rings is 1. The Morgan fingerprint density at radius 3 is 2.71 bits per heavy atom. The second-order valence-corrected chi connectivity index (χ2v) is 4.66. The third kappa shape index (κ3) is 2.49. The third-order valence-electron chi connectivity index (χ3n) is 2.72. The van der Waals surface area contributed by atoms with Crippen LogP contribution < -0.4 is 10.9 Å². The maximum Gasteiger partial charge on any atom is 0.339 e. The summed E-state index contributed by atoms with van der Waals surface area (Å²) in [7, 11) is 1.84. The molecule has 3 nitrogen and oxygen atoms in total. The predicted octanol–water partition coefficient (Wildman–Crippen LogP) is 3.03. The van der Waals surface area contributed by atoms with Crippen LogP contribution in [-0.2, 0) is 6.42 Å². The van der Waals surface area contributed by atoms with E-state index in [1.165, 1.54) is 0 Å². The molecule has 0 bridgehead atoms. The molecule has 1 N–H and O–H groups in total. The normalized spacial score (nSPS) is 11.1. The van der Waals surface area contributed by atoms with Crippen LogP contribution >= 0.6 is 0 Å². The first-order valence-corrected chi connectivity index (χ1v) is 5.84. The summed E-state index contributed by atoms with van der Waals surface area (Å²) >= 11 is 0. The zero-order valence-electron chi connectivity index (χ0n) is 10.4. The van der Waals surface area contributed by atoms with Gasteiger partial charge in [-0.05, 0) is 30.5 Å². The van der Waals surface area contributed by atoms with Crippen molar-refractivity contribution in [2.24, 2.45) is 5.92 Å². The molecule has 0 fully saturated rings. The van der Waals surface area contributed by atoms with E-state index in [0.717, 1.165) is 23.1 Å². The van der Waals surface area contributed by atoms with Crippen molar-refractivity contribution in [2.75, 3.05) is 12.4 Å². The Morgan fingerprint density at radius 2 is 2.06 bits per heavy atom. The summed E-state index contributed by atoms with van der Waals surface area (Å²) in [5, 5.41) is 3.99. The first kappa shape index (κ1) is 11.7. The van der Waals surface area contributed by atoms with Crippen molar-refractivity contribution < 1.29 is 4.42 Å². The van der Waals surface area contributed by atoms with Crippen LogP contribution in [0.4, 0.5) is 5.69 Å². The molecule has 3 heteroatoms. The molecule has 0 radical (unpaired) electrons. The molecule has 1 aromatic carbocycles. The van der Waals surface area contributed by atoms with Gasteiger partial charge in [-0.3, -0.25) is 0 Å². The van der Waals surface area contributed by atoms with E-state index in [1.807, 2.05) is 31.3 Å². The molecule has 17 heavy (non-hydrogen) atoms. The van der Waals surface area contributed by atoms with E-state index in [1.54, 1.807) is 0 Å². The summed E-state index contributed by atoms with van der Waals surface area (Å²) in [5.41, 5.74) is 2.11. The maximum absolute atomic E-state index is 11.8. The molecule has 2 aromatic rings. The summed E-state index contributed by atoms with van der Waals surface area (Å²) in [6.45, 7) is 4.18. The summed E-state index contributed by atoms with van der Waals surface area (Å²) in [5.74, 6) is 0.451. The number of nitrogens with one attached hydrogen (secondary N) is 1. The van der Waals surface area contributed by atoms with Gasteiger partial charge in [0.1, 0.15) is 5.58 Å². The lowest BCUT2D eigenvalue weighted by Gasteiger charge is -2.06. The van der Waals surface area contributed by atoms with Gasteiger partial charge < -0.3 is 9.73 Å². The Hall–Kier alpha value is -1.77. The van der Waals surface area contributed by atoms with Crippen LogP contribution in [0.15, 0.2) is 33.5 Å². The number of rotatable bonds is 3. The van der Waals surface area contributed by atoms with Crippen molar-refractivity contribution in [2.45, 2.75) is 20.3 Å². The monoisotopic (exact) mass is 231 g/mol. The van der Waals surface area contributed by atoms with Crippen molar-refractivity contribution in [3.05, 3.63) is 40.2 Å². The molecule has 1 aromatic heterocycles. The lowest BCUT2D eigenvalue weighted by molar-refractivity contribution is 0.535. The predicted molar refractivity (Wildman–Crippen MR) is 70.6 cm³/mol. The second-order valence-electron chi connectivity index (χ2n) is 4.66. The summed E-state index contributed by atoms with van der Waals surface area (Å²) in [6.07, 6.45) is 0.756. The number of hydrogen-bond donors (Lipinski definition) is 1. The van der Waals surface area contributed by atoms with Crippen molar-refractivity contribution in [1.29, 1.82) is 0 Å². The molecule has 0 aliphatic carbocycles. The van der Waals surface area contributed by atoms with Crippen molar-refractivity contribution in [3.63, 3.8) is 0 Å². The molecule has 0 spiro atoms. The Bertz CT molecular complexity index is 584. The van der Waals surface area contributed by atoms with Gasteiger partial charge in [-0.1, -0.05) is 13.8 Å². The van der Waals surface area contributed by atoms with E-state index in [2.05, 4.69) is 19.2 Å². The van der Waals surface area contributed by atoms with Gasteiger partial charge in [-0.2, -0.15) is 0 Å². The van der Waals surface area contributed by atoms with E-state index < -0.39 is 0 Å². The topological polar surface area (TPSA) is 42.2 Å². The molecule has 1 heterocycles. The standard InChI is InChI=1S/C14H17NO2/c1-9(2)6-11-7-10-4-5-12(15-3)8-13(10)17-14(11)16/h4-5,7-9,15H,6H2,1-3H3. The van der Waals surface area contributed by atoms with Crippen molar-refractivity contribution in [3.8, 4) is 0 Å². The summed E-state index contributed by atoms with van der Waals surface area (Å²) < 4.78 is 5.34. The van der Waals surface area contributed by atoms with E-state index in [4.69, 9.17) is 4.42 Å². The Balaban J connectivity index is 2.54. The minimum atomic E-state index is -0.223. The highest BCUT2D eigenvalue weighted by molar-refractivity contribution is 5.80. The fourth-order valence-electron chi connectivity index (χ4n) is 1.89. The van der Waals surface area contributed by atoms with E-state index in [-0.39, 0.29) is 5.63 Å². The molecule has 0 unspecified atom stereocenters. The number of hydrogen-bond acceptors (Lipinski definition) is 3. The van der Waals surface area contributed by atoms with Crippen LogP contribution in [0, 0.1) is 5.92 Å². The Kier molecular flexibility index (Phi) is 3.18. The second kappa shape index (κ2) is 4.62. The average molecular weight is 231 g/mol. The average Bonchev–Trinajstić information content (AvgIpc) is 2.29. The molecule has 0 atom stereocenters. The van der Waals surface area contributed by atoms with E-state index in [0.29, 0.717) is 11.5 Å². The highest BCUT2D eigenvalue weighted by Crippen LogP contribution is 2.19. The lowest BCUT2D eigenvalue weighted by Crippen LogP contribution is -2.09. The highest BCUT2D eigenvalue weighted by Gasteiger charge is 2.07. The fourth-order valence-corrected chi connectivity index (χ4v) is 1.89. The van der Waals surface area contributed by atoms with Gasteiger partial charge in [0.25, 0.3) is 0 Å². The van der Waals surface area contributed by atoms with Crippen LogP contribution in [0.5, 0.6) is 0 Å². The summed E-state index contributed by atoms with van der Waals surface area (Å²) in [4.78, 5) is 11.8. The molecule has 90 valence electrons. The van der Waals surface area contributed by atoms with Gasteiger partial charge >= 0.3 is 5.63 Å². The molecule has 0 aliphatic rings. The smallest absolute Gasteiger partial charge is 0.339 e. The first-order chi connectivity index (χ1) is 8.10. The fraction of sp³-hybridized carbons (Fsp3) is 0.357. The van der Waals surface area contributed by atoms with E-state index in [9.17, 15) is 4.79 Å². The van der Waals surface area contributed by atoms with Gasteiger partial charge in [0, 0.05) is 29.8 Å². The van der Waals surface area contributed by atoms with Gasteiger partial charge in [-0.25, -0.2) is 4.79 Å². The largest absolute Gasteiger partial charge is 0.422 e. The molecule has 0 saturated carbocycles. The van der Waals surface area contributed by atoms with Crippen LogP contribution in [0.3, 0.4) is 0 Å². The quantitative estimate of drug-likeness (QED) is 0.825. The van der Waals surface area contributed by atoms with Crippen LogP contribution in [0.1, 0.15) is 19.4 Å². The van der Waals surface area contributed by atoms with E-state index >= 15 is 0 Å². The highest BCUT2D eigenvalue weighted by atomic mass is 16.4. The van der Waals surface area contributed by atoms with Gasteiger partial charge in [0.2, 0.25) is 0 Å². The minimum Gasteiger partial charge on any atom is -0.422 e. The third-order valence-corrected chi connectivity index (χ3v) is 2.72. The molecule has 0 saturated heterocycles.